The molecule has 1 aliphatic carbocycles. The zero-order valence-electron chi connectivity index (χ0n) is 17.7. The third-order valence-corrected chi connectivity index (χ3v) is 5.81. The second-order valence-corrected chi connectivity index (χ2v) is 7.89. The van der Waals surface area contributed by atoms with Gasteiger partial charge in [0.1, 0.15) is 5.82 Å². The molecule has 1 fully saturated rings. The SMILES string of the molecule is CCOCCC1(CNC(=NC)NCC(Cc2ccc(F)cc2)C(N)=O)CCCC1. The number of carbonyl (C=O) groups excluding carboxylic acids is 1. The molecule has 0 aliphatic heterocycles. The molecule has 1 amide bonds. The molecule has 0 bridgehead atoms. The second kappa shape index (κ2) is 11.8. The van der Waals surface area contributed by atoms with E-state index in [2.05, 4.69) is 15.6 Å². The number of aliphatic imine (C=N–C) groups is 1. The molecule has 1 unspecified atom stereocenters. The fourth-order valence-electron chi connectivity index (χ4n) is 3.96. The van der Waals surface area contributed by atoms with Gasteiger partial charge < -0.3 is 21.1 Å². The highest BCUT2D eigenvalue weighted by atomic mass is 19.1. The summed E-state index contributed by atoms with van der Waals surface area (Å²) in [6.45, 7) is 4.75. The van der Waals surface area contributed by atoms with Crippen molar-refractivity contribution < 1.29 is 13.9 Å². The third kappa shape index (κ3) is 7.65. The lowest BCUT2D eigenvalue weighted by Gasteiger charge is -2.30. The number of hydrogen-bond donors (Lipinski definition) is 3. The Bertz CT molecular complexity index is 657. The molecule has 1 saturated carbocycles. The maximum Gasteiger partial charge on any atom is 0.222 e. The van der Waals surface area contributed by atoms with Crippen molar-refractivity contribution in [3.05, 3.63) is 35.6 Å². The molecular formula is C22H35FN4O2. The van der Waals surface area contributed by atoms with Gasteiger partial charge in [0.15, 0.2) is 5.96 Å². The van der Waals surface area contributed by atoms with Crippen LogP contribution in [0.3, 0.4) is 0 Å². The lowest BCUT2D eigenvalue weighted by atomic mass is 9.83. The van der Waals surface area contributed by atoms with Crippen molar-refractivity contribution in [3.63, 3.8) is 0 Å². The van der Waals surface area contributed by atoms with Crippen LogP contribution in [0, 0.1) is 17.2 Å². The Kier molecular flexibility index (Phi) is 9.38. The summed E-state index contributed by atoms with van der Waals surface area (Å²) in [5.41, 5.74) is 6.69. The molecule has 0 spiro atoms. The number of nitrogens with one attached hydrogen (secondary N) is 2. The van der Waals surface area contributed by atoms with Crippen LogP contribution in [0.2, 0.25) is 0 Å². The highest BCUT2D eigenvalue weighted by Gasteiger charge is 2.33. The Morgan fingerprint density at radius 2 is 1.97 bits per heavy atom. The molecule has 1 aliphatic rings. The van der Waals surface area contributed by atoms with E-state index in [1.807, 2.05) is 6.92 Å². The number of amides is 1. The minimum atomic E-state index is -0.405. The van der Waals surface area contributed by atoms with Gasteiger partial charge in [-0.1, -0.05) is 25.0 Å². The number of hydrogen-bond acceptors (Lipinski definition) is 3. The van der Waals surface area contributed by atoms with Crippen molar-refractivity contribution in [1.82, 2.24) is 10.6 Å². The molecule has 0 aromatic heterocycles. The standard InChI is InChI=1S/C22H35FN4O2/c1-3-29-13-12-22(10-4-5-11-22)16-27-21(25-2)26-15-18(20(24)28)14-17-6-8-19(23)9-7-17/h6-9,18H,3-5,10-16H2,1-2H3,(H2,24,28)(H2,25,26,27). The van der Waals surface area contributed by atoms with Gasteiger partial charge in [-0.25, -0.2) is 4.39 Å². The van der Waals surface area contributed by atoms with Crippen molar-refractivity contribution >= 4 is 11.9 Å². The quantitative estimate of drug-likeness (QED) is 0.299. The minimum Gasteiger partial charge on any atom is -0.382 e. The molecule has 0 radical (unpaired) electrons. The van der Waals surface area contributed by atoms with Crippen LogP contribution in [0.25, 0.3) is 0 Å². The summed E-state index contributed by atoms with van der Waals surface area (Å²) >= 11 is 0. The summed E-state index contributed by atoms with van der Waals surface area (Å²) in [6, 6.07) is 6.15. The van der Waals surface area contributed by atoms with E-state index in [4.69, 9.17) is 10.5 Å². The van der Waals surface area contributed by atoms with Gasteiger partial charge in [0.05, 0.1) is 5.92 Å². The molecule has 0 saturated heterocycles. The molecule has 6 nitrogen and oxygen atoms in total. The van der Waals surface area contributed by atoms with Crippen LogP contribution in [0.1, 0.15) is 44.6 Å². The second-order valence-electron chi connectivity index (χ2n) is 7.89. The Hall–Kier alpha value is -2.15. The first-order valence-corrected chi connectivity index (χ1v) is 10.5. The first kappa shape index (κ1) is 23.1. The summed E-state index contributed by atoms with van der Waals surface area (Å²) in [7, 11) is 1.72. The molecule has 7 heteroatoms. The Labute approximate surface area is 173 Å². The number of halogens is 1. The number of primary amides is 1. The maximum atomic E-state index is 13.1. The Balaban J connectivity index is 1.87. The first-order valence-electron chi connectivity index (χ1n) is 10.5. The topological polar surface area (TPSA) is 88.7 Å². The van der Waals surface area contributed by atoms with Gasteiger partial charge in [0.2, 0.25) is 5.91 Å². The average molecular weight is 407 g/mol. The molecule has 4 N–H and O–H groups in total. The number of nitrogens with two attached hydrogens (primary N) is 1. The van der Waals surface area contributed by atoms with E-state index in [-0.39, 0.29) is 17.1 Å². The first-order chi connectivity index (χ1) is 14.0. The summed E-state index contributed by atoms with van der Waals surface area (Å²) in [5, 5.41) is 6.65. The van der Waals surface area contributed by atoms with E-state index in [9.17, 15) is 9.18 Å². The predicted octanol–water partition coefficient (Wildman–Crippen LogP) is 2.62. The highest BCUT2D eigenvalue weighted by molar-refractivity contribution is 5.81. The number of ether oxygens (including phenoxy) is 1. The molecule has 2 rings (SSSR count). The number of benzene rings is 1. The zero-order valence-corrected chi connectivity index (χ0v) is 17.7. The predicted molar refractivity (Wildman–Crippen MR) is 114 cm³/mol. The van der Waals surface area contributed by atoms with Gasteiger partial charge in [-0.15, -0.1) is 0 Å². The number of nitrogens with zero attached hydrogens (tertiary/aromatic N) is 1. The zero-order chi connectivity index (χ0) is 21.1. The van der Waals surface area contributed by atoms with Crippen molar-refractivity contribution in [3.8, 4) is 0 Å². The van der Waals surface area contributed by atoms with Gasteiger partial charge in [-0.2, -0.15) is 0 Å². The summed E-state index contributed by atoms with van der Waals surface area (Å²) in [5.74, 6) is -0.422. The monoisotopic (exact) mass is 406 g/mol. The van der Waals surface area contributed by atoms with Crippen LogP contribution in [-0.4, -0.2) is 45.2 Å². The molecule has 1 aromatic rings. The van der Waals surface area contributed by atoms with Crippen LogP contribution in [0.5, 0.6) is 0 Å². The summed E-state index contributed by atoms with van der Waals surface area (Å²) < 4.78 is 18.7. The molecule has 29 heavy (non-hydrogen) atoms. The number of rotatable bonds is 11. The maximum absolute atomic E-state index is 13.1. The van der Waals surface area contributed by atoms with Gasteiger partial charge in [0, 0.05) is 33.4 Å². The molecule has 0 heterocycles. The normalized spacial score (nSPS) is 17.1. The van der Waals surface area contributed by atoms with E-state index in [0.29, 0.717) is 18.9 Å². The van der Waals surface area contributed by atoms with E-state index in [1.165, 1.54) is 37.8 Å². The number of carbonyl (C=O) groups is 1. The summed E-state index contributed by atoms with van der Waals surface area (Å²) in [6.07, 6.45) is 6.39. The van der Waals surface area contributed by atoms with E-state index >= 15 is 0 Å². The van der Waals surface area contributed by atoms with Gasteiger partial charge in [-0.3, -0.25) is 9.79 Å². The van der Waals surface area contributed by atoms with E-state index in [1.54, 1.807) is 19.2 Å². The molecular weight excluding hydrogens is 371 g/mol. The largest absolute Gasteiger partial charge is 0.382 e. The van der Waals surface area contributed by atoms with Crippen molar-refractivity contribution in [2.75, 3.05) is 33.4 Å². The summed E-state index contributed by atoms with van der Waals surface area (Å²) in [4.78, 5) is 16.2. The van der Waals surface area contributed by atoms with Crippen LogP contribution >= 0.6 is 0 Å². The molecule has 1 atom stereocenters. The van der Waals surface area contributed by atoms with Gasteiger partial charge in [0.25, 0.3) is 0 Å². The lowest BCUT2D eigenvalue weighted by Crippen LogP contribution is -2.46. The van der Waals surface area contributed by atoms with Crippen molar-refractivity contribution in [1.29, 1.82) is 0 Å². The fraction of sp³-hybridized carbons (Fsp3) is 0.636. The molecule has 162 valence electrons. The Morgan fingerprint density at radius 1 is 1.28 bits per heavy atom. The van der Waals surface area contributed by atoms with Crippen LogP contribution in [0.4, 0.5) is 4.39 Å². The smallest absolute Gasteiger partial charge is 0.222 e. The van der Waals surface area contributed by atoms with Crippen LogP contribution in [0.15, 0.2) is 29.3 Å². The Morgan fingerprint density at radius 3 is 2.55 bits per heavy atom. The van der Waals surface area contributed by atoms with Crippen molar-refractivity contribution in [2.24, 2.45) is 22.1 Å². The van der Waals surface area contributed by atoms with Crippen molar-refractivity contribution in [2.45, 2.75) is 45.4 Å². The highest BCUT2D eigenvalue weighted by Crippen LogP contribution is 2.40. The van der Waals surface area contributed by atoms with Gasteiger partial charge >= 0.3 is 0 Å². The number of guanidine groups is 1. The van der Waals surface area contributed by atoms with Crippen LogP contribution in [-0.2, 0) is 16.0 Å². The fourth-order valence-corrected chi connectivity index (χ4v) is 3.96. The third-order valence-electron chi connectivity index (χ3n) is 5.81. The lowest BCUT2D eigenvalue weighted by molar-refractivity contribution is -0.121. The average Bonchev–Trinajstić information content (AvgIpc) is 3.17. The van der Waals surface area contributed by atoms with Crippen LogP contribution < -0.4 is 16.4 Å². The molecule has 1 aromatic carbocycles. The van der Waals surface area contributed by atoms with Gasteiger partial charge in [-0.05, 0) is 55.7 Å². The van der Waals surface area contributed by atoms with E-state index in [0.717, 1.165) is 31.7 Å². The minimum absolute atomic E-state index is 0.240. The van der Waals surface area contributed by atoms with E-state index < -0.39 is 5.92 Å².